The van der Waals surface area contributed by atoms with Gasteiger partial charge in [0.25, 0.3) is 0 Å². The Labute approximate surface area is 174 Å². The minimum atomic E-state index is -0.653. The molecule has 0 saturated carbocycles. The number of Topliss-reactive ketones (excluding diaryl/α,β-unsaturated/α-hetero) is 1. The molecule has 154 valence electrons. The number of amides is 2. The quantitative estimate of drug-likeness (QED) is 0.536. The fraction of sp³-hybridized carbons (Fsp3) is 0.353. The van der Waals surface area contributed by atoms with E-state index in [-0.39, 0.29) is 29.2 Å². The number of hydrogen-bond acceptors (Lipinski definition) is 7. The van der Waals surface area contributed by atoms with E-state index in [9.17, 15) is 14.4 Å². The monoisotopic (exact) mass is 428 g/mol. The van der Waals surface area contributed by atoms with Gasteiger partial charge in [-0.05, 0) is 64.3 Å². The normalized spacial score (nSPS) is 9.00. The third kappa shape index (κ3) is 12.5. The first-order valence-corrected chi connectivity index (χ1v) is 9.06. The first kappa shape index (κ1) is 25.2. The highest BCUT2D eigenvalue weighted by Gasteiger charge is 2.10. The van der Waals surface area contributed by atoms with E-state index in [1.165, 1.54) is 13.8 Å². The third-order valence-electron chi connectivity index (χ3n) is 2.41. The molecule has 28 heavy (non-hydrogen) atoms. The molecule has 0 radical (unpaired) electrons. The van der Waals surface area contributed by atoms with Gasteiger partial charge >= 0.3 is 12.2 Å². The van der Waals surface area contributed by atoms with Gasteiger partial charge in [0.15, 0.2) is 10.2 Å². The molecule has 2 amide bonds. The van der Waals surface area contributed by atoms with E-state index in [4.69, 9.17) is 33.9 Å². The van der Waals surface area contributed by atoms with Crippen molar-refractivity contribution in [2.75, 3.05) is 23.8 Å². The number of para-hydroxylation sites is 2. The molecule has 0 saturated heterocycles. The Bertz CT molecular complexity index is 656. The number of nitrogens with one attached hydrogen (secondary N) is 4. The van der Waals surface area contributed by atoms with Crippen molar-refractivity contribution in [2.24, 2.45) is 0 Å². The van der Waals surface area contributed by atoms with Gasteiger partial charge in [-0.15, -0.1) is 0 Å². The number of carbonyl (C=O) groups excluding carboxylic acids is 3. The number of alkyl carbamates (subject to hydrolysis) is 2. The van der Waals surface area contributed by atoms with Crippen molar-refractivity contribution in [3.63, 3.8) is 0 Å². The minimum absolute atomic E-state index is 0.0620. The van der Waals surface area contributed by atoms with Gasteiger partial charge in [0, 0.05) is 0 Å². The van der Waals surface area contributed by atoms with Gasteiger partial charge in [-0.25, -0.2) is 9.59 Å². The van der Waals surface area contributed by atoms with Crippen LogP contribution in [0.2, 0.25) is 0 Å². The van der Waals surface area contributed by atoms with Crippen molar-refractivity contribution in [3.05, 3.63) is 24.3 Å². The molecule has 0 fully saturated rings. The first-order valence-electron chi connectivity index (χ1n) is 8.25. The summed E-state index contributed by atoms with van der Waals surface area (Å²) in [5.74, 6) is 0.167. The maximum atomic E-state index is 11.3. The molecule has 0 heterocycles. The summed E-state index contributed by atoms with van der Waals surface area (Å²) in [4.78, 5) is 32.1. The lowest BCUT2D eigenvalue weighted by Crippen LogP contribution is -2.36. The van der Waals surface area contributed by atoms with Crippen LogP contribution in [-0.4, -0.2) is 41.4 Å². The van der Waals surface area contributed by atoms with Gasteiger partial charge in [-0.1, -0.05) is 12.1 Å². The second kappa shape index (κ2) is 14.3. The number of thiocarbonyl (C=S) groups is 2. The second-order valence-electron chi connectivity index (χ2n) is 5.05. The van der Waals surface area contributed by atoms with Crippen molar-refractivity contribution >= 4 is 64.0 Å². The molecule has 9 nitrogen and oxygen atoms in total. The van der Waals surface area contributed by atoms with Crippen molar-refractivity contribution in [3.8, 4) is 0 Å². The van der Waals surface area contributed by atoms with Crippen molar-refractivity contribution in [1.82, 2.24) is 10.6 Å². The zero-order valence-corrected chi connectivity index (χ0v) is 17.7. The van der Waals surface area contributed by atoms with Gasteiger partial charge in [0.05, 0.1) is 24.6 Å². The molecule has 11 heteroatoms. The number of ether oxygens (including phenoxy) is 2. The van der Waals surface area contributed by atoms with Crippen LogP contribution in [0.25, 0.3) is 0 Å². The van der Waals surface area contributed by atoms with E-state index in [1.807, 2.05) is 0 Å². The van der Waals surface area contributed by atoms with Crippen LogP contribution in [0.3, 0.4) is 0 Å². The highest BCUT2D eigenvalue weighted by atomic mass is 32.1. The van der Waals surface area contributed by atoms with E-state index >= 15 is 0 Å². The molecule has 0 aromatic heterocycles. The predicted molar refractivity (Wildman–Crippen MR) is 116 cm³/mol. The van der Waals surface area contributed by atoms with Gasteiger partial charge in [-0.3, -0.25) is 10.6 Å². The summed E-state index contributed by atoms with van der Waals surface area (Å²) >= 11 is 10.1. The fourth-order valence-corrected chi connectivity index (χ4v) is 1.91. The molecule has 1 rings (SSSR count). The minimum Gasteiger partial charge on any atom is -0.450 e. The van der Waals surface area contributed by atoms with Crippen molar-refractivity contribution < 1.29 is 23.9 Å². The van der Waals surface area contributed by atoms with Gasteiger partial charge in [-0.2, -0.15) is 0 Å². The van der Waals surface area contributed by atoms with E-state index in [0.717, 1.165) is 0 Å². The number of anilines is 2. The first-order chi connectivity index (χ1) is 13.2. The van der Waals surface area contributed by atoms with E-state index < -0.39 is 12.2 Å². The standard InChI is InChI=1S/C14H18N4O4S2.C3H6O/c1-3-21-13(19)17-11(23)15-9-7-5-6-8-10(9)16-12(24)18-14(20)22-4-2;1-3(2)4/h5-8H,3-4H2,1-2H3,(H2,15,17,19,23)(H2,16,18,20,24);1-2H3. The number of rotatable bonds is 4. The fourth-order valence-electron chi connectivity index (χ4n) is 1.53. The van der Waals surface area contributed by atoms with Crippen molar-refractivity contribution in [1.29, 1.82) is 0 Å². The maximum Gasteiger partial charge on any atom is 0.413 e. The average molecular weight is 429 g/mol. The number of carbonyl (C=O) groups is 3. The van der Waals surface area contributed by atoms with Gasteiger partial charge in [0.2, 0.25) is 0 Å². The highest BCUT2D eigenvalue weighted by molar-refractivity contribution is 7.80. The molecule has 0 unspecified atom stereocenters. The number of benzene rings is 1. The van der Waals surface area contributed by atoms with E-state index in [2.05, 4.69) is 21.3 Å². The lowest BCUT2D eigenvalue weighted by Gasteiger charge is -2.15. The van der Waals surface area contributed by atoms with E-state index in [1.54, 1.807) is 38.1 Å². The zero-order valence-electron chi connectivity index (χ0n) is 16.1. The summed E-state index contributed by atoms with van der Waals surface area (Å²) in [5.41, 5.74) is 1.10. The third-order valence-corrected chi connectivity index (χ3v) is 2.81. The molecular formula is C17H24N4O5S2. The van der Waals surface area contributed by atoms with Gasteiger partial charge < -0.3 is 24.9 Å². The van der Waals surface area contributed by atoms with Crippen LogP contribution in [0, 0.1) is 0 Å². The summed E-state index contributed by atoms with van der Waals surface area (Å²) in [6.45, 7) is 6.90. The Morgan fingerprint density at radius 2 is 1.14 bits per heavy atom. The van der Waals surface area contributed by atoms with Crippen LogP contribution in [0.15, 0.2) is 24.3 Å². The summed E-state index contributed by atoms with van der Waals surface area (Å²) in [6, 6.07) is 6.97. The molecule has 0 aliphatic carbocycles. The molecule has 4 N–H and O–H groups in total. The SMILES string of the molecule is CC(C)=O.CCOC(=O)NC(=S)Nc1ccccc1NC(=S)NC(=O)OCC. The molecule has 0 aliphatic heterocycles. The van der Waals surface area contributed by atoms with Crippen LogP contribution in [0.5, 0.6) is 0 Å². The molecule has 0 atom stereocenters. The van der Waals surface area contributed by atoms with Crippen LogP contribution in [0.1, 0.15) is 27.7 Å². The lowest BCUT2D eigenvalue weighted by atomic mass is 10.2. The predicted octanol–water partition coefficient (Wildman–Crippen LogP) is 3.17. The smallest absolute Gasteiger partial charge is 0.413 e. The number of ketones is 1. The summed E-state index contributed by atoms with van der Waals surface area (Å²) in [5, 5.41) is 10.5. The van der Waals surface area contributed by atoms with Crippen LogP contribution >= 0.6 is 24.4 Å². The Kier molecular flexibility index (Phi) is 12.9. The van der Waals surface area contributed by atoms with Crippen LogP contribution in [-0.2, 0) is 14.3 Å². The summed E-state index contributed by atoms with van der Waals surface area (Å²) in [6.07, 6.45) is -1.31. The second-order valence-corrected chi connectivity index (χ2v) is 5.87. The summed E-state index contributed by atoms with van der Waals surface area (Å²) < 4.78 is 9.47. The Morgan fingerprint density at radius 1 is 0.821 bits per heavy atom. The topological polar surface area (TPSA) is 118 Å². The largest absolute Gasteiger partial charge is 0.450 e. The average Bonchev–Trinajstić information content (AvgIpc) is 2.56. The molecule has 0 spiro atoms. The molecule has 0 aliphatic rings. The molecule has 1 aromatic rings. The Morgan fingerprint density at radius 3 is 1.43 bits per heavy atom. The lowest BCUT2D eigenvalue weighted by molar-refractivity contribution is -0.115. The zero-order chi connectivity index (χ0) is 21.5. The molecule has 1 aromatic carbocycles. The molecule has 0 bridgehead atoms. The maximum absolute atomic E-state index is 11.3. The summed E-state index contributed by atoms with van der Waals surface area (Å²) in [7, 11) is 0. The molecular weight excluding hydrogens is 404 g/mol. The van der Waals surface area contributed by atoms with Crippen LogP contribution in [0.4, 0.5) is 21.0 Å². The highest BCUT2D eigenvalue weighted by Crippen LogP contribution is 2.20. The van der Waals surface area contributed by atoms with Crippen LogP contribution < -0.4 is 21.3 Å². The van der Waals surface area contributed by atoms with Gasteiger partial charge in [0.1, 0.15) is 5.78 Å². The van der Waals surface area contributed by atoms with Crippen molar-refractivity contribution in [2.45, 2.75) is 27.7 Å². The Hall–Kier alpha value is -2.79. The Balaban J connectivity index is 0.00000165. The van der Waals surface area contributed by atoms with E-state index in [0.29, 0.717) is 11.4 Å². The number of hydrogen-bond donors (Lipinski definition) is 4.